The minimum absolute atomic E-state index is 0.802. The standard InChI is InChI=1S/C13H20BrClN2/c1-16(2)7-4-8-17(3)12-6-5-11(10-14)13(15)9-12/h5-6,9H,4,7-8,10H2,1-3H3. The summed E-state index contributed by atoms with van der Waals surface area (Å²) in [5.41, 5.74) is 2.32. The van der Waals surface area contributed by atoms with Crippen LogP contribution >= 0.6 is 27.5 Å². The predicted molar refractivity (Wildman–Crippen MR) is 80.5 cm³/mol. The van der Waals surface area contributed by atoms with Gasteiger partial charge in [0, 0.05) is 29.6 Å². The van der Waals surface area contributed by atoms with E-state index in [0.29, 0.717) is 0 Å². The van der Waals surface area contributed by atoms with Gasteiger partial charge in [0.2, 0.25) is 0 Å². The van der Waals surface area contributed by atoms with Gasteiger partial charge < -0.3 is 9.80 Å². The maximum absolute atomic E-state index is 6.19. The summed E-state index contributed by atoms with van der Waals surface area (Å²) in [6, 6.07) is 6.24. The fourth-order valence-electron chi connectivity index (χ4n) is 1.64. The Kier molecular flexibility index (Phi) is 6.31. The highest BCUT2D eigenvalue weighted by Gasteiger charge is 2.04. The van der Waals surface area contributed by atoms with Crippen LogP contribution in [0.15, 0.2) is 18.2 Å². The molecule has 0 unspecified atom stereocenters. The van der Waals surface area contributed by atoms with Crippen molar-refractivity contribution in [3.05, 3.63) is 28.8 Å². The van der Waals surface area contributed by atoms with Crippen LogP contribution in [0.4, 0.5) is 5.69 Å². The zero-order valence-electron chi connectivity index (χ0n) is 10.7. The molecule has 0 N–H and O–H groups in total. The molecule has 17 heavy (non-hydrogen) atoms. The van der Waals surface area contributed by atoms with Crippen LogP contribution in [0.25, 0.3) is 0 Å². The molecule has 1 aromatic rings. The smallest absolute Gasteiger partial charge is 0.0467 e. The molecule has 1 rings (SSSR count). The van der Waals surface area contributed by atoms with Gasteiger partial charge in [0.15, 0.2) is 0 Å². The Morgan fingerprint density at radius 1 is 1.18 bits per heavy atom. The quantitative estimate of drug-likeness (QED) is 0.739. The Bertz CT molecular complexity index is 355. The van der Waals surface area contributed by atoms with Gasteiger partial charge in [-0.25, -0.2) is 0 Å². The van der Waals surface area contributed by atoms with E-state index in [1.165, 1.54) is 5.69 Å². The van der Waals surface area contributed by atoms with Crippen molar-refractivity contribution in [1.29, 1.82) is 0 Å². The van der Waals surface area contributed by atoms with Crippen LogP contribution in [-0.4, -0.2) is 39.1 Å². The molecule has 0 fully saturated rings. The average Bonchev–Trinajstić information content (AvgIpc) is 2.28. The third-order valence-corrected chi connectivity index (χ3v) is 3.68. The monoisotopic (exact) mass is 318 g/mol. The molecule has 0 heterocycles. The molecule has 0 spiro atoms. The van der Waals surface area contributed by atoms with Crippen molar-refractivity contribution in [3.63, 3.8) is 0 Å². The summed E-state index contributed by atoms with van der Waals surface area (Å²) in [5, 5.41) is 1.63. The zero-order chi connectivity index (χ0) is 12.8. The van der Waals surface area contributed by atoms with Crippen molar-refractivity contribution in [3.8, 4) is 0 Å². The average molecular weight is 320 g/mol. The number of rotatable bonds is 6. The van der Waals surface area contributed by atoms with Crippen LogP contribution in [0.2, 0.25) is 5.02 Å². The van der Waals surface area contributed by atoms with Gasteiger partial charge in [0.05, 0.1) is 0 Å². The Balaban J connectivity index is 2.57. The lowest BCUT2D eigenvalue weighted by Crippen LogP contribution is -2.23. The van der Waals surface area contributed by atoms with Crippen molar-refractivity contribution in [1.82, 2.24) is 4.90 Å². The summed E-state index contributed by atoms with van der Waals surface area (Å²) >= 11 is 9.62. The van der Waals surface area contributed by atoms with Gasteiger partial charge in [-0.05, 0) is 44.8 Å². The molecule has 1 aromatic carbocycles. The lowest BCUT2D eigenvalue weighted by molar-refractivity contribution is 0.401. The number of halogens is 2. The highest BCUT2D eigenvalue weighted by molar-refractivity contribution is 9.08. The van der Waals surface area contributed by atoms with Crippen LogP contribution in [-0.2, 0) is 5.33 Å². The molecule has 0 bridgehead atoms. The molecule has 2 nitrogen and oxygen atoms in total. The topological polar surface area (TPSA) is 6.48 Å². The Hall–Kier alpha value is -0.250. The number of alkyl halides is 1. The molecule has 0 saturated carbocycles. The summed E-state index contributed by atoms with van der Waals surface area (Å²) in [6.07, 6.45) is 1.15. The van der Waals surface area contributed by atoms with E-state index in [4.69, 9.17) is 11.6 Å². The molecule has 0 aliphatic rings. The second-order valence-corrected chi connectivity index (χ2v) is 5.46. The first-order chi connectivity index (χ1) is 8.04. The van der Waals surface area contributed by atoms with E-state index >= 15 is 0 Å². The van der Waals surface area contributed by atoms with Crippen molar-refractivity contribution in [2.24, 2.45) is 0 Å². The minimum Gasteiger partial charge on any atom is -0.375 e. The molecule has 0 aliphatic carbocycles. The van der Waals surface area contributed by atoms with Crippen molar-refractivity contribution < 1.29 is 0 Å². The van der Waals surface area contributed by atoms with Gasteiger partial charge in [0.25, 0.3) is 0 Å². The van der Waals surface area contributed by atoms with Crippen LogP contribution < -0.4 is 4.90 Å². The Labute approximate surface area is 118 Å². The van der Waals surface area contributed by atoms with Gasteiger partial charge in [-0.3, -0.25) is 0 Å². The summed E-state index contributed by atoms with van der Waals surface area (Å²) in [4.78, 5) is 4.45. The predicted octanol–water partition coefficient (Wildman–Crippen LogP) is 3.62. The highest BCUT2D eigenvalue weighted by atomic mass is 79.9. The van der Waals surface area contributed by atoms with E-state index in [1.807, 2.05) is 6.07 Å². The first-order valence-electron chi connectivity index (χ1n) is 5.75. The van der Waals surface area contributed by atoms with Crippen molar-refractivity contribution >= 4 is 33.2 Å². The third kappa shape index (κ3) is 4.86. The van der Waals surface area contributed by atoms with Crippen LogP contribution in [0.1, 0.15) is 12.0 Å². The number of hydrogen-bond donors (Lipinski definition) is 0. The molecule has 0 amide bonds. The molecular formula is C13H20BrClN2. The summed E-state index contributed by atoms with van der Waals surface area (Å²) in [6.45, 7) is 2.15. The van der Waals surface area contributed by atoms with Gasteiger partial charge in [-0.1, -0.05) is 33.6 Å². The first kappa shape index (κ1) is 14.8. The molecule has 0 aliphatic heterocycles. The largest absolute Gasteiger partial charge is 0.375 e. The SMILES string of the molecule is CN(C)CCCN(C)c1ccc(CBr)c(Cl)c1. The van der Waals surface area contributed by atoms with E-state index < -0.39 is 0 Å². The van der Waals surface area contributed by atoms with Crippen molar-refractivity contribution in [2.75, 3.05) is 39.1 Å². The Morgan fingerprint density at radius 2 is 1.88 bits per heavy atom. The number of anilines is 1. The highest BCUT2D eigenvalue weighted by Crippen LogP contribution is 2.24. The normalized spacial score (nSPS) is 10.9. The summed E-state index contributed by atoms with van der Waals surface area (Å²) in [5.74, 6) is 0. The second kappa shape index (κ2) is 7.24. The lowest BCUT2D eigenvalue weighted by atomic mass is 10.2. The van der Waals surface area contributed by atoms with Gasteiger partial charge in [-0.2, -0.15) is 0 Å². The maximum Gasteiger partial charge on any atom is 0.0467 e. The molecule has 96 valence electrons. The molecular weight excluding hydrogens is 300 g/mol. The molecule has 4 heteroatoms. The molecule has 0 atom stereocenters. The van der Waals surface area contributed by atoms with Crippen LogP contribution in [0, 0.1) is 0 Å². The summed E-state index contributed by atoms with van der Waals surface area (Å²) < 4.78 is 0. The Morgan fingerprint density at radius 3 is 2.41 bits per heavy atom. The van der Waals surface area contributed by atoms with Gasteiger partial charge >= 0.3 is 0 Å². The molecule has 0 saturated heterocycles. The second-order valence-electron chi connectivity index (χ2n) is 4.49. The molecule has 0 aromatic heterocycles. The summed E-state index contributed by atoms with van der Waals surface area (Å²) in [7, 11) is 6.30. The fourth-order valence-corrected chi connectivity index (χ4v) is 2.53. The minimum atomic E-state index is 0.802. The van der Waals surface area contributed by atoms with E-state index in [0.717, 1.165) is 35.4 Å². The first-order valence-corrected chi connectivity index (χ1v) is 7.24. The number of nitrogens with zero attached hydrogens (tertiary/aromatic N) is 2. The van der Waals surface area contributed by atoms with E-state index in [1.54, 1.807) is 0 Å². The van der Waals surface area contributed by atoms with Gasteiger partial charge in [0.1, 0.15) is 0 Å². The number of hydrogen-bond acceptors (Lipinski definition) is 2. The van der Waals surface area contributed by atoms with E-state index in [2.05, 4.69) is 59.0 Å². The fraction of sp³-hybridized carbons (Fsp3) is 0.538. The lowest BCUT2D eigenvalue weighted by Gasteiger charge is -2.21. The van der Waals surface area contributed by atoms with E-state index in [9.17, 15) is 0 Å². The van der Waals surface area contributed by atoms with E-state index in [-0.39, 0.29) is 0 Å². The maximum atomic E-state index is 6.19. The van der Waals surface area contributed by atoms with Gasteiger partial charge in [-0.15, -0.1) is 0 Å². The molecule has 0 radical (unpaired) electrons. The number of benzene rings is 1. The zero-order valence-corrected chi connectivity index (χ0v) is 13.1. The third-order valence-electron chi connectivity index (χ3n) is 2.72. The van der Waals surface area contributed by atoms with Crippen LogP contribution in [0.5, 0.6) is 0 Å². The van der Waals surface area contributed by atoms with Crippen molar-refractivity contribution in [2.45, 2.75) is 11.8 Å². The van der Waals surface area contributed by atoms with Crippen LogP contribution in [0.3, 0.4) is 0 Å².